The van der Waals surface area contributed by atoms with Gasteiger partial charge in [-0.1, -0.05) is 12.2 Å². The molecule has 2 rings (SSSR count). The van der Waals surface area contributed by atoms with Gasteiger partial charge in [-0.25, -0.2) is 8.78 Å². The molecule has 0 bridgehead atoms. The highest BCUT2D eigenvalue weighted by molar-refractivity contribution is 7.80. The number of anilines is 1. The van der Waals surface area contributed by atoms with Crippen molar-refractivity contribution in [2.75, 3.05) is 5.32 Å². The van der Waals surface area contributed by atoms with Gasteiger partial charge in [-0.2, -0.15) is 0 Å². The summed E-state index contributed by atoms with van der Waals surface area (Å²) in [6.07, 6.45) is 1.51. The molecule has 0 spiro atoms. The van der Waals surface area contributed by atoms with Crippen LogP contribution in [0.25, 0.3) is 0 Å². The first-order valence-corrected chi connectivity index (χ1v) is 6.20. The van der Waals surface area contributed by atoms with Crippen molar-refractivity contribution in [2.45, 2.75) is 13.0 Å². The molecule has 1 unspecified atom stereocenters. The van der Waals surface area contributed by atoms with Crippen LogP contribution in [0.3, 0.4) is 0 Å². The maximum Gasteiger partial charge on any atom is 0.154 e. The molecule has 1 aromatic heterocycles. The second-order valence-electron chi connectivity index (χ2n) is 4.35. The zero-order valence-corrected chi connectivity index (χ0v) is 11.7. The molecule has 2 aromatic rings. The molecular weight excluding hydrogens is 284 g/mol. The van der Waals surface area contributed by atoms with Crippen LogP contribution < -0.4 is 11.1 Å². The van der Waals surface area contributed by atoms with Gasteiger partial charge in [0.15, 0.2) is 5.82 Å². The van der Waals surface area contributed by atoms with E-state index in [0.29, 0.717) is 5.82 Å². The summed E-state index contributed by atoms with van der Waals surface area (Å²) >= 11 is 4.70. The Hall–Kier alpha value is -2.09. The number of aromatic nitrogens is 3. The highest BCUT2D eigenvalue weighted by Crippen LogP contribution is 2.25. The number of aryl methyl sites for hydroxylation is 1. The van der Waals surface area contributed by atoms with Crippen LogP contribution in [0, 0.1) is 11.6 Å². The van der Waals surface area contributed by atoms with Crippen LogP contribution in [0.4, 0.5) is 14.5 Å². The summed E-state index contributed by atoms with van der Waals surface area (Å²) in [7, 11) is 1.75. The van der Waals surface area contributed by atoms with E-state index < -0.39 is 17.7 Å². The first-order chi connectivity index (χ1) is 9.40. The Kier molecular flexibility index (Phi) is 3.93. The van der Waals surface area contributed by atoms with Gasteiger partial charge in [0.2, 0.25) is 0 Å². The van der Waals surface area contributed by atoms with Crippen molar-refractivity contribution < 1.29 is 8.78 Å². The fraction of sp³-hybridized carbons (Fsp3) is 0.250. The van der Waals surface area contributed by atoms with Crippen LogP contribution in [0.5, 0.6) is 0 Å². The molecule has 0 radical (unpaired) electrons. The Labute approximate surface area is 119 Å². The number of hydrogen-bond acceptors (Lipinski definition) is 4. The first-order valence-electron chi connectivity index (χ1n) is 5.79. The minimum absolute atomic E-state index is 0.0595. The fourth-order valence-electron chi connectivity index (χ4n) is 1.82. The smallest absolute Gasteiger partial charge is 0.154 e. The third kappa shape index (κ3) is 2.74. The molecule has 0 saturated carbocycles. The SMILES string of the molecule is CC(Nc1c(F)cc(C(N)=S)cc1F)c1nncn1C. The van der Waals surface area contributed by atoms with E-state index in [1.807, 2.05) is 0 Å². The van der Waals surface area contributed by atoms with E-state index in [1.54, 1.807) is 18.5 Å². The Morgan fingerprint density at radius 3 is 2.45 bits per heavy atom. The molecule has 0 aliphatic rings. The second kappa shape index (κ2) is 5.49. The topological polar surface area (TPSA) is 68.8 Å². The first kappa shape index (κ1) is 14.3. The van der Waals surface area contributed by atoms with Crippen molar-refractivity contribution in [3.8, 4) is 0 Å². The Morgan fingerprint density at radius 2 is 2.00 bits per heavy atom. The van der Waals surface area contributed by atoms with Crippen LogP contribution in [0.2, 0.25) is 0 Å². The number of benzene rings is 1. The monoisotopic (exact) mass is 297 g/mol. The molecule has 20 heavy (non-hydrogen) atoms. The van der Waals surface area contributed by atoms with E-state index in [0.717, 1.165) is 12.1 Å². The van der Waals surface area contributed by atoms with Crippen molar-refractivity contribution in [2.24, 2.45) is 12.8 Å². The van der Waals surface area contributed by atoms with Gasteiger partial charge in [-0.3, -0.25) is 0 Å². The van der Waals surface area contributed by atoms with Crippen LogP contribution in [0.15, 0.2) is 18.5 Å². The van der Waals surface area contributed by atoms with Crippen LogP contribution in [0.1, 0.15) is 24.4 Å². The second-order valence-corrected chi connectivity index (χ2v) is 4.79. The Bertz CT molecular complexity index is 632. The maximum absolute atomic E-state index is 13.9. The van der Waals surface area contributed by atoms with Crippen LogP contribution >= 0.6 is 12.2 Å². The molecule has 1 aromatic carbocycles. The lowest BCUT2D eigenvalue weighted by Crippen LogP contribution is -2.15. The highest BCUT2D eigenvalue weighted by atomic mass is 32.1. The van der Waals surface area contributed by atoms with Crippen molar-refractivity contribution >= 4 is 22.9 Å². The molecule has 1 heterocycles. The Morgan fingerprint density at radius 1 is 1.40 bits per heavy atom. The largest absolute Gasteiger partial charge is 0.389 e. The highest BCUT2D eigenvalue weighted by Gasteiger charge is 2.17. The average Bonchev–Trinajstić information content (AvgIpc) is 2.79. The van der Waals surface area contributed by atoms with E-state index in [2.05, 4.69) is 15.5 Å². The van der Waals surface area contributed by atoms with Crippen LogP contribution in [-0.2, 0) is 7.05 Å². The summed E-state index contributed by atoms with van der Waals surface area (Å²) < 4.78 is 29.5. The van der Waals surface area contributed by atoms with Gasteiger partial charge in [0, 0.05) is 12.6 Å². The number of thiocarbonyl (C=S) groups is 1. The minimum atomic E-state index is -0.762. The van der Waals surface area contributed by atoms with E-state index >= 15 is 0 Å². The van der Waals surface area contributed by atoms with Gasteiger partial charge in [-0.05, 0) is 19.1 Å². The quantitative estimate of drug-likeness (QED) is 0.844. The third-order valence-electron chi connectivity index (χ3n) is 2.82. The molecule has 8 heteroatoms. The molecule has 0 saturated heterocycles. The molecule has 0 aliphatic heterocycles. The van der Waals surface area contributed by atoms with Gasteiger partial charge < -0.3 is 15.6 Å². The average molecular weight is 297 g/mol. The van der Waals surface area contributed by atoms with Gasteiger partial charge >= 0.3 is 0 Å². The number of nitrogens with zero attached hydrogens (tertiary/aromatic N) is 3. The van der Waals surface area contributed by atoms with Crippen molar-refractivity contribution in [3.63, 3.8) is 0 Å². The standard InChI is InChI=1S/C12H13F2N5S/c1-6(12-18-16-5-19(12)2)17-10-8(13)3-7(11(15)20)4-9(10)14/h3-6,17H,1-2H3,(H2,15,20). The third-order valence-corrected chi connectivity index (χ3v) is 3.06. The zero-order chi connectivity index (χ0) is 14.9. The molecule has 1 atom stereocenters. The van der Waals surface area contributed by atoms with Crippen molar-refractivity contribution in [1.82, 2.24) is 14.8 Å². The summed E-state index contributed by atoms with van der Waals surface area (Å²) in [5, 5.41) is 10.3. The van der Waals surface area contributed by atoms with E-state index in [4.69, 9.17) is 18.0 Å². The summed E-state index contributed by atoms with van der Waals surface area (Å²) in [6.45, 7) is 1.73. The van der Waals surface area contributed by atoms with Crippen molar-refractivity contribution in [3.05, 3.63) is 41.5 Å². The molecule has 106 valence electrons. The van der Waals surface area contributed by atoms with E-state index in [1.165, 1.54) is 6.33 Å². The molecule has 0 aliphatic carbocycles. The van der Waals surface area contributed by atoms with Gasteiger partial charge in [0.25, 0.3) is 0 Å². The number of halogens is 2. The maximum atomic E-state index is 13.9. The summed E-state index contributed by atoms with van der Waals surface area (Å²) in [6, 6.07) is 1.77. The van der Waals surface area contributed by atoms with Gasteiger partial charge in [0.1, 0.15) is 28.6 Å². The normalized spacial score (nSPS) is 12.2. The molecule has 5 nitrogen and oxygen atoms in total. The van der Waals surface area contributed by atoms with E-state index in [9.17, 15) is 8.78 Å². The summed E-state index contributed by atoms with van der Waals surface area (Å²) in [5.74, 6) is -0.967. The van der Waals surface area contributed by atoms with Crippen molar-refractivity contribution in [1.29, 1.82) is 0 Å². The fourth-order valence-corrected chi connectivity index (χ4v) is 1.94. The lowest BCUT2D eigenvalue weighted by Gasteiger charge is -2.16. The van der Waals surface area contributed by atoms with Gasteiger partial charge in [0.05, 0.1) is 6.04 Å². The predicted octanol–water partition coefficient (Wildman–Crippen LogP) is 1.90. The Balaban J connectivity index is 2.30. The number of nitrogens with two attached hydrogens (primary N) is 1. The van der Waals surface area contributed by atoms with E-state index in [-0.39, 0.29) is 16.2 Å². The molecule has 3 N–H and O–H groups in total. The van der Waals surface area contributed by atoms with Gasteiger partial charge in [-0.15, -0.1) is 10.2 Å². The van der Waals surface area contributed by atoms with Crippen LogP contribution in [-0.4, -0.2) is 19.8 Å². The minimum Gasteiger partial charge on any atom is -0.389 e. The molecule has 0 amide bonds. The number of rotatable bonds is 4. The number of nitrogens with one attached hydrogen (secondary N) is 1. The lowest BCUT2D eigenvalue weighted by atomic mass is 10.1. The number of hydrogen-bond donors (Lipinski definition) is 2. The molecular formula is C12H13F2N5S. The lowest BCUT2D eigenvalue weighted by molar-refractivity contribution is 0.581. The summed E-state index contributed by atoms with van der Waals surface area (Å²) in [4.78, 5) is -0.0595. The predicted molar refractivity (Wildman–Crippen MR) is 75.3 cm³/mol. The molecule has 0 fully saturated rings. The zero-order valence-electron chi connectivity index (χ0n) is 10.9. The summed E-state index contributed by atoms with van der Waals surface area (Å²) in [5.41, 5.74) is 5.25.